The maximum Gasteiger partial charge on any atom is 0.0717 e. The molecule has 0 bridgehead atoms. The number of hydrogen-bond acceptors (Lipinski definition) is 1. The minimum absolute atomic E-state index is 0.505. The van der Waals surface area contributed by atoms with E-state index >= 15 is 0 Å². The van der Waals surface area contributed by atoms with Crippen LogP contribution in [0.5, 0.6) is 0 Å². The highest BCUT2D eigenvalue weighted by atomic mass is 16.5. The second kappa shape index (κ2) is 4.45. The van der Waals surface area contributed by atoms with Gasteiger partial charge in [-0.05, 0) is 35.7 Å². The summed E-state index contributed by atoms with van der Waals surface area (Å²) < 4.78 is 5.94. The summed E-state index contributed by atoms with van der Waals surface area (Å²) in [4.78, 5) is 0. The molecule has 0 spiro atoms. The molecule has 0 amide bonds. The molecule has 1 heteroatoms. The predicted octanol–water partition coefficient (Wildman–Crippen LogP) is 4.03. The summed E-state index contributed by atoms with van der Waals surface area (Å²) in [5.74, 6) is 1.93. The van der Waals surface area contributed by atoms with Crippen molar-refractivity contribution in [2.75, 3.05) is 6.61 Å². The van der Waals surface area contributed by atoms with Gasteiger partial charge in [-0.1, -0.05) is 50.1 Å². The maximum absolute atomic E-state index is 5.94. The molecule has 0 aromatic heterocycles. The van der Waals surface area contributed by atoms with E-state index in [4.69, 9.17) is 4.74 Å². The van der Waals surface area contributed by atoms with Crippen molar-refractivity contribution >= 4 is 0 Å². The lowest BCUT2D eigenvalue weighted by Gasteiger charge is -2.12. The standard InChI is InChI=1S/C16H22O/c1-16(14-9-5-6-10-15(14)16)12-17-11-13-7-3-2-4-8-13/h2-4,7-8,14-15H,5-6,9-12H2,1H3/t14-,15+,16?. The monoisotopic (exact) mass is 230 g/mol. The highest BCUT2D eigenvalue weighted by Gasteiger charge is 2.60. The van der Waals surface area contributed by atoms with Crippen LogP contribution in [0.25, 0.3) is 0 Å². The van der Waals surface area contributed by atoms with Gasteiger partial charge in [0.15, 0.2) is 0 Å². The molecule has 0 radical (unpaired) electrons. The first-order chi connectivity index (χ1) is 8.31. The van der Waals surface area contributed by atoms with E-state index in [-0.39, 0.29) is 0 Å². The molecular formula is C16H22O. The van der Waals surface area contributed by atoms with Crippen LogP contribution in [0.4, 0.5) is 0 Å². The quantitative estimate of drug-likeness (QED) is 0.759. The van der Waals surface area contributed by atoms with Crippen LogP contribution in [0, 0.1) is 17.3 Å². The van der Waals surface area contributed by atoms with Crippen LogP contribution in [0.3, 0.4) is 0 Å². The molecule has 3 rings (SSSR count). The van der Waals surface area contributed by atoms with Gasteiger partial charge in [0.2, 0.25) is 0 Å². The molecule has 1 aromatic carbocycles. The second-order valence-electron chi connectivity index (χ2n) is 5.98. The molecule has 2 aliphatic carbocycles. The summed E-state index contributed by atoms with van der Waals surface area (Å²) in [5.41, 5.74) is 1.80. The molecule has 0 N–H and O–H groups in total. The molecule has 1 aromatic rings. The molecule has 1 nitrogen and oxygen atoms in total. The lowest BCUT2D eigenvalue weighted by molar-refractivity contribution is 0.0742. The molecule has 17 heavy (non-hydrogen) atoms. The third-order valence-electron chi connectivity index (χ3n) is 4.88. The summed E-state index contributed by atoms with van der Waals surface area (Å²) in [7, 11) is 0. The normalized spacial score (nSPS) is 35.4. The van der Waals surface area contributed by atoms with Gasteiger partial charge in [-0.15, -0.1) is 0 Å². The van der Waals surface area contributed by atoms with Crippen molar-refractivity contribution in [3.8, 4) is 0 Å². The van der Waals surface area contributed by atoms with E-state index in [1.54, 1.807) is 0 Å². The van der Waals surface area contributed by atoms with Crippen molar-refractivity contribution < 1.29 is 4.74 Å². The largest absolute Gasteiger partial charge is 0.376 e. The smallest absolute Gasteiger partial charge is 0.0717 e. The maximum atomic E-state index is 5.94. The number of hydrogen-bond donors (Lipinski definition) is 0. The van der Waals surface area contributed by atoms with Crippen LogP contribution in [0.2, 0.25) is 0 Å². The first-order valence-corrected chi connectivity index (χ1v) is 6.92. The van der Waals surface area contributed by atoms with Gasteiger partial charge in [0.25, 0.3) is 0 Å². The fraction of sp³-hybridized carbons (Fsp3) is 0.625. The van der Waals surface area contributed by atoms with Crippen molar-refractivity contribution in [2.24, 2.45) is 17.3 Å². The fourth-order valence-corrected chi connectivity index (χ4v) is 3.73. The highest BCUT2D eigenvalue weighted by molar-refractivity contribution is 5.14. The highest BCUT2D eigenvalue weighted by Crippen LogP contribution is 2.65. The Hall–Kier alpha value is -0.820. The Morgan fingerprint density at radius 1 is 1.12 bits per heavy atom. The summed E-state index contributed by atoms with van der Waals surface area (Å²) in [5, 5.41) is 0. The molecule has 92 valence electrons. The Balaban J connectivity index is 1.49. The van der Waals surface area contributed by atoms with E-state index in [9.17, 15) is 0 Å². The topological polar surface area (TPSA) is 9.23 Å². The van der Waals surface area contributed by atoms with Crippen molar-refractivity contribution in [3.63, 3.8) is 0 Å². The summed E-state index contributed by atoms with van der Waals surface area (Å²) >= 11 is 0. The van der Waals surface area contributed by atoms with Gasteiger partial charge in [0, 0.05) is 0 Å². The lowest BCUT2D eigenvalue weighted by Crippen LogP contribution is -2.10. The Morgan fingerprint density at radius 2 is 1.76 bits per heavy atom. The van der Waals surface area contributed by atoms with E-state index in [0.29, 0.717) is 5.41 Å². The molecule has 0 saturated heterocycles. The van der Waals surface area contributed by atoms with Crippen LogP contribution < -0.4 is 0 Å². The van der Waals surface area contributed by atoms with Gasteiger partial charge in [-0.3, -0.25) is 0 Å². The third kappa shape index (κ3) is 2.13. The van der Waals surface area contributed by atoms with Crippen LogP contribution in [0.15, 0.2) is 30.3 Å². The molecule has 2 fully saturated rings. The van der Waals surface area contributed by atoms with E-state index in [1.807, 2.05) is 0 Å². The van der Waals surface area contributed by atoms with Gasteiger partial charge < -0.3 is 4.74 Å². The van der Waals surface area contributed by atoms with Crippen molar-refractivity contribution in [1.29, 1.82) is 0 Å². The number of fused-ring (bicyclic) bond motifs is 1. The fourth-order valence-electron chi connectivity index (χ4n) is 3.73. The minimum atomic E-state index is 0.505. The SMILES string of the molecule is CC1(COCc2ccccc2)[C@@H]2CCCC[C@@H]21. The number of ether oxygens (including phenoxy) is 1. The van der Waals surface area contributed by atoms with Gasteiger partial charge in [0.05, 0.1) is 13.2 Å². The summed E-state index contributed by atoms with van der Waals surface area (Å²) in [6.45, 7) is 4.16. The van der Waals surface area contributed by atoms with Crippen LogP contribution in [-0.4, -0.2) is 6.61 Å². The van der Waals surface area contributed by atoms with Gasteiger partial charge >= 0.3 is 0 Å². The Labute approximate surface area is 104 Å². The van der Waals surface area contributed by atoms with Crippen molar-refractivity contribution in [1.82, 2.24) is 0 Å². The molecule has 3 atom stereocenters. The first-order valence-electron chi connectivity index (χ1n) is 6.92. The Kier molecular flexibility index (Phi) is 2.96. The molecular weight excluding hydrogens is 208 g/mol. The zero-order chi connectivity index (χ0) is 11.7. The second-order valence-corrected chi connectivity index (χ2v) is 5.98. The van der Waals surface area contributed by atoms with Gasteiger partial charge in [0.1, 0.15) is 0 Å². The molecule has 0 heterocycles. The summed E-state index contributed by atoms with van der Waals surface area (Å²) in [6.07, 6.45) is 5.76. The molecule has 2 saturated carbocycles. The average Bonchev–Trinajstić information content (AvgIpc) is 2.97. The van der Waals surface area contributed by atoms with E-state index in [2.05, 4.69) is 37.3 Å². The average molecular weight is 230 g/mol. The van der Waals surface area contributed by atoms with E-state index in [0.717, 1.165) is 25.0 Å². The van der Waals surface area contributed by atoms with Crippen molar-refractivity contribution in [2.45, 2.75) is 39.2 Å². The number of benzene rings is 1. The predicted molar refractivity (Wildman–Crippen MR) is 69.7 cm³/mol. The van der Waals surface area contributed by atoms with E-state index < -0.39 is 0 Å². The van der Waals surface area contributed by atoms with Crippen LogP contribution >= 0.6 is 0 Å². The summed E-state index contributed by atoms with van der Waals surface area (Å²) in [6, 6.07) is 10.5. The molecule has 2 aliphatic rings. The zero-order valence-electron chi connectivity index (χ0n) is 10.7. The van der Waals surface area contributed by atoms with Crippen LogP contribution in [-0.2, 0) is 11.3 Å². The first kappa shape index (κ1) is 11.3. The van der Waals surface area contributed by atoms with E-state index in [1.165, 1.54) is 31.2 Å². The minimum Gasteiger partial charge on any atom is -0.376 e. The van der Waals surface area contributed by atoms with Crippen molar-refractivity contribution in [3.05, 3.63) is 35.9 Å². The third-order valence-corrected chi connectivity index (χ3v) is 4.88. The van der Waals surface area contributed by atoms with Gasteiger partial charge in [-0.25, -0.2) is 0 Å². The van der Waals surface area contributed by atoms with Crippen LogP contribution in [0.1, 0.15) is 38.2 Å². The van der Waals surface area contributed by atoms with Gasteiger partial charge in [-0.2, -0.15) is 0 Å². The molecule has 0 aliphatic heterocycles. The molecule has 1 unspecified atom stereocenters. The Morgan fingerprint density at radius 3 is 2.41 bits per heavy atom. The zero-order valence-corrected chi connectivity index (χ0v) is 10.7. The number of rotatable bonds is 4. The Bertz CT molecular complexity index is 358. The lowest BCUT2D eigenvalue weighted by atomic mass is 10.0.